The maximum Gasteiger partial charge on any atom is 0.244 e. The van der Waals surface area contributed by atoms with Gasteiger partial charge in [-0.15, -0.1) is 0 Å². The molecule has 1 fully saturated rings. The number of rotatable bonds is 3. The Morgan fingerprint density at radius 2 is 2.00 bits per heavy atom. The highest BCUT2D eigenvalue weighted by Gasteiger charge is 2.17. The molecule has 8 heteroatoms. The second-order valence-corrected chi connectivity index (χ2v) is 5.86. The van der Waals surface area contributed by atoms with Crippen LogP contribution in [0.4, 0.5) is 5.82 Å². The Kier molecular flexibility index (Phi) is 4.34. The number of nitrogens with two attached hydrogens (primary N) is 1. The van der Waals surface area contributed by atoms with Crippen molar-refractivity contribution in [1.29, 1.82) is 0 Å². The molecule has 1 atom stereocenters. The lowest BCUT2D eigenvalue weighted by Crippen LogP contribution is -2.17. The van der Waals surface area contributed by atoms with E-state index < -0.39 is 0 Å². The summed E-state index contributed by atoms with van der Waals surface area (Å²) < 4.78 is 11.6. The first-order valence-corrected chi connectivity index (χ1v) is 8.23. The topological polar surface area (TPSA) is 109 Å². The van der Waals surface area contributed by atoms with E-state index in [-0.39, 0.29) is 6.10 Å². The first-order valence-electron chi connectivity index (χ1n) is 8.23. The smallest absolute Gasteiger partial charge is 0.244 e. The maximum atomic E-state index is 6.11. The standard InChI is InChI=1S/C17H18N6O2/c18-15-9-19-8-14(22-15)12-3-4-13-16(23-12)17(21-10-20-13)25-11-2-1-6-24-7-5-11/h3-4,8-11H,1-2,5-7H2,(H2,18,22). The fourth-order valence-corrected chi connectivity index (χ4v) is 2.80. The van der Waals surface area contributed by atoms with E-state index in [2.05, 4.69) is 24.9 Å². The molecule has 128 valence electrons. The monoisotopic (exact) mass is 338 g/mol. The van der Waals surface area contributed by atoms with Gasteiger partial charge in [0.25, 0.3) is 0 Å². The van der Waals surface area contributed by atoms with Crippen molar-refractivity contribution in [1.82, 2.24) is 24.9 Å². The van der Waals surface area contributed by atoms with E-state index in [1.54, 1.807) is 6.20 Å². The minimum atomic E-state index is 0.0678. The van der Waals surface area contributed by atoms with Gasteiger partial charge in [0, 0.05) is 13.0 Å². The highest BCUT2D eigenvalue weighted by molar-refractivity contribution is 5.81. The third kappa shape index (κ3) is 3.48. The predicted octanol–water partition coefficient (Wildman–Crippen LogP) is 2.01. The van der Waals surface area contributed by atoms with E-state index in [0.717, 1.165) is 31.4 Å². The molecule has 0 bridgehead atoms. The van der Waals surface area contributed by atoms with Crippen LogP contribution >= 0.6 is 0 Å². The number of aromatic nitrogens is 5. The third-order valence-electron chi connectivity index (χ3n) is 4.04. The fourth-order valence-electron chi connectivity index (χ4n) is 2.80. The summed E-state index contributed by atoms with van der Waals surface area (Å²) in [5.74, 6) is 0.828. The van der Waals surface area contributed by atoms with Gasteiger partial charge in [-0.25, -0.2) is 15.0 Å². The van der Waals surface area contributed by atoms with Crippen molar-refractivity contribution in [3.63, 3.8) is 0 Å². The highest BCUT2D eigenvalue weighted by Crippen LogP contribution is 2.25. The maximum absolute atomic E-state index is 6.11. The molecule has 0 aliphatic carbocycles. The molecule has 1 unspecified atom stereocenters. The number of nitrogens with zero attached hydrogens (tertiary/aromatic N) is 5. The molecule has 0 amide bonds. The number of pyridine rings is 1. The Labute approximate surface area is 144 Å². The molecule has 1 aliphatic rings. The molecule has 3 aromatic heterocycles. The van der Waals surface area contributed by atoms with Gasteiger partial charge in [0.05, 0.1) is 30.2 Å². The van der Waals surface area contributed by atoms with Gasteiger partial charge in [-0.1, -0.05) is 0 Å². The number of anilines is 1. The van der Waals surface area contributed by atoms with Crippen molar-refractivity contribution in [2.24, 2.45) is 0 Å². The molecule has 8 nitrogen and oxygen atoms in total. The van der Waals surface area contributed by atoms with Crippen LogP contribution < -0.4 is 10.5 Å². The van der Waals surface area contributed by atoms with E-state index >= 15 is 0 Å². The number of hydrogen-bond donors (Lipinski definition) is 1. The lowest BCUT2D eigenvalue weighted by Gasteiger charge is -2.16. The summed E-state index contributed by atoms with van der Waals surface area (Å²) in [4.78, 5) is 21.5. The van der Waals surface area contributed by atoms with Gasteiger partial charge < -0.3 is 15.2 Å². The Morgan fingerprint density at radius 3 is 2.92 bits per heavy atom. The van der Waals surface area contributed by atoms with Gasteiger partial charge in [-0.3, -0.25) is 4.98 Å². The zero-order valence-corrected chi connectivity index (χ0v) is 13.6. The van der Waals surface area contributed by atoms with E-state index in [1.807, 2.05) is 12.1 Å². The predicted molar refractivity (Wildman–Crippen MR) is 91.9 cm³/mol. The highest BCUT2D eigenvalue weighted by atomic mass is 16.5. The third-order valence-corrected chi connectivity index (χ3v) is 4.04. The molecule has 25 heavy (non-hydrogen) atoms. The molecule has 0 saturated carbocycles. The minimum Gasteiger partial charge on any atom is -0.473 e. The molecule has 1 saturated heterocycles. The normalized spacial score (nSPS) is 18.0. The first kappa shape index (κ1) is 15.6. The summed E-state index contributed by atoms with van der Waals surface area (Å²) in [6.45, 7) is 1.48. The van der Waals surface area contributed by atoms with Crippen LogP contribution in [0.1, 0.15) is 19.3 Å². The fraction of sp³-hybridized carbons (Fsp3) is 0.353. The number of nitrogen functional groups attached to an aromatic ring is 1. The quantitative estimate of drug-likeness (QED) is 0.772. The van der Waals surface area contributed by atoms with Crippen molar-refractivity contribution in [2.75, 3.05) is 18.9 Å². The second-order valence-electron chi connectivity index (χ2n) is 5.86. The number of hydrogen-bond acceptors (Lipinski definition) is 8. The molecule has 0 radical (unpaired) electrons. The molecular formula is C17H18N6O2. The molecule has 1 aliphatic heterocycles. The van der Waals surface area contributed by atoms with Crippen molar-refractivity contribution < 1.29 is 9.47 Å². The van der Waals surface area contributed by atoms with Gasteiger partial charge in [-0.05, 0) is 25.0 Å². The van der Waals surface area contributed by atoms with Gasteiger partial charge in [0.1, 0.15) is 23.9 Å². The van der Waals surface area contributed by atoms with Crippen molar-refractivity contribution in [3.8, 4) is 17.3 Å². The van der Waals surface area contributed by atoms with Crippen LogP contribution in [0.2, 0.25) is 0 Å². The Hall–Kier alpha value is -2.87. The lowest BCUT2D eigenvalue weighted by atomic mass is 10.1. The largest absolute Gasteiger partial charge is 0.473 e. The van der Waals surface area contributed by atoms with E-state index in [4.69, 9.17) is 15.2 Å². The average Bonchev–Trinajstić information content (AvgIpc) is 2.90. The SMILES string of the molecule is Nc1cncc(-c2ccc3ncnc(OC4CCCOCC4)c3n2)n1. The van der Waals surface area contributed by atoms with Gasteiger partial charge in [0.15, 0.2) is 5.52 Å². The Bertz CT molecular complexity index is 880. The van der Waals surface area contributed by atoms with Crippen molar-refractivity contribution >= 4 is 16.9 Å². The lowest BCUT2D eigenvalue weighted by molar-refractivity contribution is 0.126. The zero-order chi connectivity index (χ0) is 17.1. The summed E-state index contributed by atoms with van der Waals surface area (Å²) in [5, 5.41) is 0. The molecule has 3 aromatic rings. The minimum absolute atomic E-state index is 0.0678. The van der Waals surface area contributed by atoms with Gasteiger partial charge in [-0.2, -0.15) is 4.98 Å². The van der Waals surface area contributed by atoms with E-state index in [0.29, 0.717) is 35.2 Å². The molecule has 4 rings (SSSR count). The summed E-state index contributed by atoms with van der Waals surface area (Å²) >= 11 is 0. The molecular weight excluding hydrogens is 320 g/mol. The Morgan fingerprint density at radius 1 is 1.04 bits per heavy atom. The zero-order valence-electron chi connectivity index (χ0n) is 13.6. The number of ether oxygens (including phenoxy) is 2. The summed E-state index contributed by atoms with van der Waals surface area (Å²) in [6, 6.07) is 3.70. The van der Waals surface area contributed by atoms with Crippen LogP contribution in [0.5, 0.6) is 5.88 Å². The molecule has 0 aromatic carbocycles. The van der Waals surface area contributed by atoms with Gasteiger partial charge >= 0.3 is 0 Å². The summed E-state index contributed by atoms with van der Waals surface area (Å²) in [5.41, 5.74) is 8.28. The van der Waals surface area contributed by atoms with Crippen LogP contribution in [-0.4, -0.2) is 44.2 Å². The summed E-state index contributed by atoms with van der Waals surface area (Å²) in [6.07, 6.45) is 7.43. The van der Waals surface area contributed by atoms with Crippen LogP contribution in [0.3, 0.4) is 0 Å². The second kappa shape index (κ2) is 6.94. The summed E-state index contributed by atoms with van der Waals surface area (Å²) in [7, 11) is 0. The van der Waals surface area contributed by atoms with Crippen LogP contribution in [0.15, 0.2) is 30.9 Å². The molecule has 4 heterocycles. The number of fused-ring (bicyclic) bond motifs is 1. The van der Waals surface area contributed by atoms with Gasteiger partial charge in [0.2, 0.25) is 5.88 Å². The first-order chi connectivity index (χ1) is 12.3. The van der Waals surface area contributed by atoms with Crippen LogP contribution in [-0.2, 0) is 4.74 Å². The molecule has 0 spiro atoms. The Balaban J connectivity index is 1.70. The van der Waals surface area contributed by atoms with Crippen LogP contribution in [0, 0.1) is 0 Å². The van der Waals surface area contributed by atoms with E-state index in [9.17, 15) is 0 Å². The van der Waals surface area contributed by atoms with Crippen molar-refractivity contribution in [2.45, 2.75) is 25.4 Å². The van der Waals surface area contributed by atoms with Crippen LogP contribution in [0.25, 0.3) is 22.4 Å². The van der Waals surface area contributed by atoms with E-state index in [1.165, 1.54) is 12.5 Å². The average molecular weight is 338 g/mol. The van der Waals surface area contributed by atoms with Crippen molar-refractivity contribution in [3.05, 3.63) is 30.9 Å². The molecule has 2 N–H and O–H groups in total.